The summed E-state index contributed by atoms with van der Waals surface area (Å²) in [5.74, 6) is 1.22. The van der Waals surface area contributed by atoms with Crippen LogP contribution in [0.15, 0.2) is 112 Å². The first-order valence-corrected chi connectivity index (χ1v) is 15.6. The summed E-state index contributed by atoms with van der Waals surface area (Å²) in [4.78, 5) is 0.597. The summed E-state index contributed by atoms with van der Waals surface area (Å²) in [5, 5.41) is 0. The van der Waals surface area contributed by atoms with Gasteiger partial charge in [0.15, 0.2) is 9.84 Å². The van der Waals surface area contributed by atoms with E-state index in [1.165, 1.54) is 17.7 Å². The van der Waals surface area contributed by atoms with Gasteiger partial charge in [0.1, 0.15) is 11.5 Å². The molecule has 0 aliphatic rings. The Balaban J connectivity index is 1.49. The first kappa shape index (κ1) is 28.6. The molecule has 0 saturated carbocycles. The summed E-state index contributed by atoms with van der Waals surface area (Å²) in [6.07, 6.45) is 0. The molecule has 0 aromatic heterocycles. The van der Waals surface area contributed by atoms with Crippen LogP contribution in [0.5, 0.6) is 11.5 Å². The summed E-state index contributed by atoms with van der Waals surface area (Å²) in [5.41, 5.74) is 2.83. The molecule has 0 radical (unpaired) electrons. The Morgan fingerprint density at radius 3 is 1.23 bits per heavy atom. The molecule has 0 bridgehead atoms. The molecule has 0 spiro atoms. The normalized spacial score (nSPS) is 12.8. The lowest BCUT2D eigenvalue weighted by Gasteiger charge is -2.19. The van der Waals surface area contributed by atoms with Crippen LogP contribution in [0.4, 0.5) is 0 Å². The Morgan fingerprint density at radius 1 is 0.487 bits per heavy atom. The molecule has 0 saturated heterocycles. The van der Waals surface area contributed by atoms with Crippen molar-refractivity contribution >= 4 is 19.7 Å². The van der Waals surface area contributed by atoms with Crippen molar-refractivity contribution in [3.63, 3.8) is 0 Å². The first-order chi connectivity index (χ1) is 18.1. The molecule has 204 valence electrons. The van der Waals surface area contributed by atoms with Gasteiger partial charge in [-0.05, 0) is 104 Å². The zero-order chi connectivity index (χ0) is 28.6. The zero-order valence-electron chi connectivity index (χ0n) is 23.1. The lowest BCUT2D eigenvalue weighted by atomic mass is 9.87. The highest BCUT2D eigenvalue weighted by molar-refractivity contribution is 7.92. The number of hydrogen-bond donors (Lipinski definition) is 0. The predicted octanol–water partition coefficient (Wildman–Crippen LogP) is 7.85. The van der Waals surface area contributed by atoms with Gasteiger partial charge in [0.25, 0.3) is 0 Å². The van der Waals surface area contributed by atoms with Gasteiger partial charge in [0.2, 0.25) is 9.84 Å². The van der Waals surface area contributed by atoms with E-state index >= 15 is 0 Å². The van der Waals surface area contributed by atoms with Gasteiger partial charge in [0, 0.05) is 0 Å². The average Bonchev–Trinajstić information content (AvgIpc) is 2.88. The van der Waals surface area contributed by atoms with Crippen molar-refractivity contribution in [3.05, 3.63) is 103 Å². The maximum absolute atomic E-state index is 13.2. The van der Waals surface area contributed by atoms with Gasteiger partial charge in [-0.3, -0.25) is 0 Å². The first-order valence-electron chi connectivity index (χ1n) is 12.7. The Hall–Kier alpha value is -3.42. The van der Waals surface area contributed by atoms with E-state index in [0.717, 1.165) is 11.1 Å². The molecule has 0 heterocycles. The highest BCUT2D eigenvalue weighted by Crippen LogP contribution is 2.31. The number of ether oxygens (including phenoxy) is 1. The maximum Gasteiger partial charge on any atom is 0.206 e. The van der Waals surface area contributed by atoms with Crippen molar-refractivity contribution < 1.29 is 21.6 Å². The quantitative estimate of drug-likeness (QED) is 0.239. The average molecular weight is 563 g/mol. The minimum Gasteiger partial charge on any atom is -0.457 e. The van der Waals surface area contributed by atoms with Crippen LogP contribution in [0.2, 0.25) is 0 Å². The number of sulfone groups is 2. The van der Waals surface area contributed by atoms with Gasteiger partial charge in [-0.2, -0.15) is 0 Å². The lowest BCUT2D eigenvalue weighted by molar-refractivity contribution is 0.481. The molecule has 4 aromatic carbocycles. The molecule has 0 amide bonds. The fourth-order valence-corrected chi connectivity index (χ4v) is 6.45. The van der Waals surface area contributed by atoms with Crippen LogP contribution in [-0.2, 0) is 25.1 Å². The minimum absolute atomic E-state index is 0.0482. The molecular weight excluding hydrogens is 528 g/mol. The topological polar surface area (TPSA) is 77.5 Å². The van der Waals surface area contributed by atoms with E-state index in [9.17, 15) is 16.8 Å². The van der Waals surface area contributed by atoms with Crippen LogP contribution in [0.25, 0.3) is 11.1 Å². The van der Waals surface area contributed by atoms with Gasteiger partial charge < -0.3 is 4.74 Å². The number of benzene rings is 4. The molecule has 39 heavy (non-hydrogen) atoms. The molecule has 4 aromatic rings. The highest BCUT2D eigenvalue weighted by Gasteiger charge is 2.30. The van der Waals surface area contributed by atoms with Gasteiger partial charge >= 0.3 is 0 Å². The molecule has 0 unspecified atom stereocenters. The van der Waals surface area contributed by atoms with E-state index in [0.29, 0.717) is 11.5 Å². The van der Waals surface area contributed by atoms with E-state index in [-0.39, 0.29) is 20.1 Å². The van der Waals surface area contributed by atoms with Gasteiger partial charge in [-0.1, -0.05) is 57.2 Å². The molecule has 7 heteroatoms. The standard InChI is InChI=1S/C32H34O5S2/c1-31(2,3)25-11-13-26(14-12-25)37-27-15-21-29(22-16-27)38(33,34)28-17-7-23(8-18-28)24-9-19-30(20-10-24)39(35,36)32(4,5)6/h7-22H,1-6H3. The minimum atomic E-state index is -3.73. The molecule has 0 aliphatic heterocycles. The van der Waals surface area contributed by atoms with Gasteiger partial charge in [-0.25, -0.2) is 16.8 Å². The largest absolute Gasteiger partial charge is 0.457 e. The number of hydrogen-bond acceptors (Lipinski definition) is 5. The Kier molecular flexibility index (Phi) is 7.54. The van der Waals surface area contributed by atoms with Crippen LogP contribution >= 0.6 is 0 Å². The summed E-state index contributed by atoms with van der Waals surface area (Å²) in [7, 11) is -7.18. The fraction of sp³-hybridized carbons (Fsp3) is 0.250. The second-order valence-electron chi connectivity index (χ2n) is 11.5. The third-order valence-corrected chi connectivity index (χ3v) is 10.8. The molecular formula is C32H34O5S2. The van der Waals surface area contributed by atoms with Crippen molar-refractivity contribution in [2.75, 3.05) is 0 Å². The fourth-order valence-electron chi connectivity index (χ4n) is 3.99. The van der Waals surface area contributed by atoms with Crippen molar-refractivity contribution in [2.45, 2.75) is 66.4 Å². The van der Waals surface area contributed by atoms with Crippen molar-refractivity contribution in [2.24, 2.45) is 0 Å². The van der Waals surface area contributed by atoms with Crippen LogP contribution in [0.1, 0.15) is 47.1 Å². The van der Waals surface area contributed by atoms with Crippen LogP contribution in [0.3, 0.4) is 0 Å². The van der Waals surface area contributed by atoms with E-state index in [1.807, 2.05) is 24.3 Å². The van der Waals surface area contributed by atoms with E-state index in [1.54, 1.807) is 81.4 Å². The predicted molar refractivity (Wildman–Crippen MR) is 156 cm³/mol. The Labute approximate surface area is 232 Å². The summed E-state index contributed by atoms with van der Waals surface area (Å²) >= 11 is 0. The molecule has 0 N–H and O–H groups in total. The summed E-state index contributed by atoms with van der Waals surface area (Å²) < 4.78 is 56.8. The molecule has 5 nitrogen and oxygen atoms in total. The monoisotopic (exact) mass is 562 g/mol. The molecule has 4 rings (SSSR count). The third-order valence-electron chi connectivity index (χ3n) is 6.56. The van der Waals surface area contributed by atoms with E-state index < -0.39 is 24.4 Å². The van der Waals surface area contributed by atoms with E-state index in [2.05, 4.69) is 20.8 Å². The van der Waals surface area contributed by atoms with E-state index in [4.69, 9.17) is 4.74 Å². The van der Waals surface area contributed by atoms with Crippen molar-refractivity contribution in [1.82, 2.24) is 0 Å². The van der Waals surface area contributed by atoms with Crippen LogP contribution < -0.4 is 4.74 Å². The van der Waals surface area contributed by atoms with Gasteiger partial charge in [0.05, 0.1) is 19.4 Å². The molecule has 0 atom stereocenters. The highest BCUT2D eigenvalue weighted by atomic mass is 32.2. The van der Waals surface area contributed by atoms with Crippen LogP contribution in [0, 0.1) is 0 Å². The maximum atomic E-state index is 13.2. The zero-order valence-corrected chi connectivity index (χ0v) is 24.7. The SMILES string of the molecule is CC(C)(C)c1ccc(Oc2ccc(S(=O)(=O)c3ccc(-c4ccc(S(=O)(=O)C(C)(C)C)cc4)cc3)cc2)cc1. The lowest BCUT2D eigenvalue weighted by Crippen LogP contribution is -2.27. The smallest absolute Gasteiger partial charge is 0.206 e. The summed E-state index contributed by atoms with van der Waals surface area (Å²) in [6, 6.07) is 27.4. The van der Waals surface area contributed by atoms with Crippen LogP contribution in [-0.4, -0.2) is 21.6 Å². The molecule has 0 fully saturated rings. The third kappa shape index (κ3) is 6.10. The van der Waals surface area contributed by atoms with Gasteiger partial charge in [-0.15, -0.1) is 0 Å². The summed E-state index contributed by atoms with van der Waals surface area (Å²) in [6.45, 7) is 11.4. The molecule has 0 aliphatic carbocycles. The number of rotatable bonds is 6. The van der Waals surface area contributed by atoms with Crippen molar-refractivity contribution in [3.8, 4) is 22.6 Å². The Morgan fingerprint density at radius 2 is 0.846 bits per heavy atom. The second kappa shape index (κ2) is 10.3. The second-order valence-corrected chi connectivity index (χ2v) is 16.2. The Bertz CT molecular complexity index is 1650. The van der Waals surface area contributed by atoms with Crippen molar-refractivity contribution in [1.29, 1.82) is 0 Å².